The maximum absolute atomic E-state index is 11.7. The molecule has 1 fully saturated rings. The molecule has 1 amide bonds. The minimum Gasteiger partial charge on any atom is -0.457 e. The first-order valence-electron chi connectivity index (χ1n) is 7.28. The van der Waals surface area contributed by atoms with E-state index in [-0.39, 0.29) is 11.3 Å². The van der Waals surface area contributed by atoms with Crippen LogP contribution in [0.5, 0.6) is 0 Å². The molecule has 1 saturated heterocycles. The van der Waals surface area contributed by atoms with Gasteiger partial charge in [-0.05, 0) is 23.1 Å². The zero-order valence-electron chi connectivity index (χ0n) is 13.2. The van der Waals surface area contributed by atoms with Crippen molar-refractivity contribution in [2.24, 2.45) is 0 Å². The van der Waals surface area contributed by atoms with Crippen LogP contribution in [0.25, 0.3) is 17.4 Å². The number of furan rings is 1. The first kappa shape index (κ1) is 16.0. The lowest BCUT2D eigenvalue weighted by Gasteiger charge is -2.18. The van der Waals surface area contributed by atoms with Gasteiger partial charge in [-0.15, -0.1) is 0 Å². The molecular formula is C18H17NO2S2. The average Bonchev–Trinajstić information content (AvgIpc) is 3.06. The minimum atomic E-state index is -0.174. The van der Waals surface area contributed by atoms with Gasteiger partial charge >= 0.3 is 0 Å². The average molecular weight is 343 g/mol. The second-order valence-corrected chi connectivity index (χ2v) is 8.10. The summed E-state index contributed by atoms with van der Waals surface area (Å²) < 4.78 is 6.31. The number of hydrogen-bond acceptors (Lipinski definition) is 4. The first-order valence-corrected chi connectivity index (χ1v) is 8.51. The molecule has 1 aliphatic rings. The molecule has 0 saturated carbocycles. The maximum atomic E-state index is 11.7. The molecule has 0 aliphatic carbocycles. The van der Waals surface area contributed by atoms with Gasteiger partial charge in [0.1, 0.15) is 15.8 Å². The third-order valence-corrected chi connectivity index (χ3v) is 4.74. The molecule has 2 aromatic rings. The SMILES string of the molecule is CC(C)(C)c1ccc(-c2ccc(/C=C3\SC(=S)NC3=O)o2)cc1. The first-order chi connectivity index (χ1) is 10.8. The predicted octanol–water partition coefficient (Wildman–Crippen LogP) is 4.73. The Morgan fingerprint density at radius 1 is 1.13 bits per heavy atom. The van der Waals surface area contributed by atoms with E-state index in [4.69, 9.17) is 16.6 Å². The largest absolute Gasteiger partial charge is 0.457 e. The molecule has 3 nitrogen and oxygen atoms in total. The van der Waals surface area contributed by atoms with Gasteiger partial charge < -0.3 is 9.73 Å². The Morgan fingerprint density at radius 2 is 1.83 bits per heavy atom. The standard InChI is InChI=1S/C18H17NO2S2/c1-18(2,3)12-6-4-11(5-7-12)14-9-8-13(21-14)10-15-16(20)19-17(22)23-15/h4-10H,1-3H3,(H,19,20,22)/b15-10-. The van der Waals surface area contributed by atoms with Gasteiger partial charge in [0.05, 0.1) is 4.91 Å². The molecular weight excluding hydrogens is 326 g/mol. The Kier molecular flexibility index (Phi) is 4.17. The van der Waals surface area contributed by atoms with Gasteiger partial charge in [-0.3, -0.25) is 4.79 Å². The number of thioether (sulfide) groups is 1. The van der Waals surface area contributed by atoms with Crippen molar-refractivity contribution in [1.29, 1.82) is 0 Å². The van der Waals surface area contributed by atoms with Crippen LogP contribution in [0.2, 0.25) is 0 Å². The van der Waals surface area contributed by atoms with E-state index in [1.165, 1.54) is 17.3 Å². The highest BCUT2D eigenvalue weighted by atomic mass is 32.2. The van der Waals surface area contributed by atoms with Crippen molar-refractivity contribution < 1.29 is 9.21 Å². The third-order valence-electron chi connectivity index (χ3n) is 3.58. The van der Waals surface area contributed by atoms with Crippen LogP contribution in [0.1, 0.15) is 32.1 Å². The van der Waals surface area contributed by atoms with Crippen molar-refractivity contribution in [3.8, 4) is 11.3 Å². The molecule has 1 N–H and O–H groups in total. The highest BCUT2D eigenvalue weighted by Crippen LogP contribution is 2.30. The molecule has 0 spiro atoms. The van der Waals surface area contributed by atoms with E-state index in [9.17, 15) is 4.79 Å². The lowest BCUT2D eigenvalue weighted by atomic mass is 9.86. The van der Waals surface area contributed by atoms with Crippen LogP contribution < -0.4 is 5.32 Å². The van der Waals surface area contributed by atoms with E-state index in [2.05, 4.69) is 50.4 Å². The summed E-state index contributed by atoms with van der Waals surface area (Å²) in [5.74, 6) is 1.25. The molecule has 5 heteroatoms. The summed E-state index contributed by atoms with van der Waals surface area (Å²) in [5, 5.41) is 2.59. The highest BCUT2D eigenvalue weighted by molar-refractivity contribution is 8.26. The topological polar surface area (TPSA) is 42.2 Å². The lowest BCUT2D eigenvalue weighted by molar-refractivity contribution is -0.115. The Balaban J connectivity index is 1.84. The molecule has 0 atom stereocenters. The minimum absolute atomic E-state index is 0.128. The lowest BCUT2D eigenvalue weighted by Crippen LogP contribution is -2.17. The van der Waals surface area contributed by atoms with Gasteiger partial charge in [-0.1, -0.05) is 69.0 Å². The Morgan fingerprint density at radius 3 is 2.39 bits per heavy atom. The fraction of sp³-hybridized carbons (Fsp3) is 0.222. The summed E-state index contributed by atoms with van der Waals surface area (Å²) in [5.41, 5.74) is 2.42. The second kappa shape index (κ2) is 5.98. The van der Waals surface area contributed by atoms with E-state index in [1.807, 2.05) is 12.1 Å². The summed E-state index contributed by atoms with van der Waals surface area (Å²) in [6, 6.07) is 12.1. The highest BCUT2D eigenvalue weighted by Gasteiger charge is 2.22. The monoisotopic (exact) mass is 343 g/mol. The second-order valence-electron chi connectivity index (χ2n) is 6.38. The fourth-order valence-corrected chi connectivity index (χ4v) is 3.29. The molecule has 0 radical (unpaired) electrons. The molecule has 1 aromatic heterocycles. The van der Waals surface area contributed by atoms with Gasteiger partial charge in [-0.2, -0.15) is 0 Å². The predicted molar refractivity (Wildman–Crippen MR) is 99.2 cm³/mol. The van der Waals surface area contributed by atoms with Crippen molar-refractivity contribution in [3.63, 3.8) is 0 Å². The van der Waals surface area contributed by atoms with Crippen molar-refractivity contribution >= 4 is 40.3 Å². The zero-order valence-corrected chi connectivity index (χ0v) is 14.8. The van der Waals surface area contributed by atoms with Crippen LogP contribution in [0.4, 0.5) is 0 Å². The van der Waals surface area contributed by atoms with Crippen LogP contribution in [-0.4, -0.2) is 10.2 Å². The number of benzene rings is 1. The van der Waals surface area contributed by atoms with Crippen LogP contribution in [0.3, 0.4) is 0 Å². The molecule has 1 aromatic carbocycles. The van der Waals surface area contributed by atoms with Gasteiger partial charge in [0, 0.05) is 11.6 Å². The third kappa shape index (κ3) is 3.57. The van der Waals surface area contributed by atoms with E-state index < -0.39 is 0 Å². The van der Waals surface area contributed by atoms with E-state index in [1.54, 1.807) is 6.08 Å². The number of hydrogen-bond donors (Lipinski definition) is 1. The van der Waals surface area contributed by atoms with Crippen LogP contribution in [0.15, 0.2) is 45.7 Å². The Labute approximate surface area is 145 Å². The summed E-state index contributed by atoms with van der Waals surface area (Å²) in [6.07, 6.45) is 1.71. The van der Waals surface area contributed by atoms with Gasteiger partial charge in [0.2, 0.25) is 0 Å². The van der Waals surface area contributed by atoms with Crippen LogP contribution in [-0.2, 0) is 10.2 Å². The summed E-state index contributed by atoms with van der Waals surface area (Å²) in [7, 11) is 0. The maximum Gasteiger partial charge on any atom is 0.263 e. The van der Waals surface area contributed by atoms with Crippen molar-refractivity contribution in [2.75, 3.05) is 0 Å². The van der Waals surface area contributed by atoms with E-state index >= 15 is 0 Å². The summed E-state index contributed by atoms with van der Waals surface area (Å²) in [4.78, 5) is 12.2. The molecule has 2 heterocycles. The number of nitrogens with one attached hydrogen (secondary N) is 1. The normalized spacial score (nSPS) is 16.9. The van der Waals surface area contributed by atoms with E-state index in [0.717, 1.165) is 11.3 Å². The molecule has 3 rings (SSSR count). The zero-order chi connectivity index (χ0) is 16.6. The van der Waals surface area contributed by atoms with Gasteiger partial charge in [0.15, 0.2) is 0 Å². The quantitative estimate of drug-likeness (QED) is 0.632. The number of amides is 1. The fourth-order valence-electron chi connectivity index (χ4n) is 2.27. The van der Waals surface area contributed by atoms with Gasteiger partial charge in [-0.25, -0.2) is 0 Å². The summed E-state index contributed by atoms with van der Waals surface area (Å²) >= 11 is 6.22. The molecule has 0 bridgehead atoms. The summed E-state index contributed by atoms with van der Waals surface area (Å²) in [6.45, 7) is 6.57. The molecule has 118 valence electrons. The van der Waals surface area contributed by atoms with E-state index in [0.29, 0.717) is 15.0 Å². The van der Waals surface area contributed by atoms with Crippen molar-refractivity contribution in [3.05, 3.63) is 52.6 Å². The number of rotatable bonds is 2. The molecule has 0 unspecified atom stereocenters. The van der Waals surface area contributed by atoms with Gasteiger partial charge in [0.25, 0.3) is 5.91 Å². The number of carbonyl (C=O) groups is 1. The Bertz CT molecular complexity index is 795. The Hall–Kier alpha value is -1.85. The smallest absolute Gasteiger partial charge is 0.263 e. The number of carbonyl (C=O) groups excluding carboxylic acids is 1. The molecule has 1 aliphatic heterocycles. The van der Waals surface area contributed by atoms with Crippen LogP contribution >= 0.6 is 24.0 Å². The van der Waals surface area contributed by atoms with Crippen molar-refractivity contribution in [1.82, 2.24) is 5.32 Å². The molecule has 23 heavy (non-hydrogen) atoms. The van der Waals surface area contributed by atoms with Crippen molar-refractivity contribution in [2.45, 2.75) is 26.2 Å². The van der Waals surface area contributed by atoms with Crippen LogP contribution in [0, 0.1) is 0 Å². The number of thiocarbonyl (C=S) groups is 1.